The molecular formula is C20H26N2O3. The van der Waals surface area contributed by atoms with E-state index in [4.69, 9.17) is 4.42 Å². The van der Waals surface area contributed by atoms with Crippen LogP contribution in [-0.2, 0) is 6.54 Å². The second-order valence-electron chi connectivity index (χ2n) is 7.22. The lowest BCUT2D eigenvalue weighted by Crippen LogP contribution is -2.46. The van der Waals surface area contributed by atoms with Gasteiger partial charge in [-0.1, -0.05) is 43.7 Å². The summed E-state index contributed by atoms with van der Waals surface area (Å²) >= 11 is 0. The summed E-state index contributed by atoms with van der Waals surface area (Å²) in [6.07, 6.45) is 4.22. The Morgan fingerprint density at radius 1 is 1.28 bits per heavy atom. The molecule has 5 nitrogen and oxygen atoms in total. The standard InChI is InChI=1S/C20H26N2O3/c1-20(10-6-11-20)15-21-19(24)22(13-16-7-3-2-4-8-16)14-17(23)18-9-5-12-25-18/h2-5,7-9,12,17,23H,6,10-11,13-15H2,1H3,(H,21,24). The number of hydrogen-bond acceptors (Lipinski definition) is 3. The van der Waals surface area contributed by atoms with Crippen LogP contribution in [0.25, 0.3) is 0 Å². The van der Waals surface area contributed by atoms with E-state index < -0.39 is 6.10 Å². The van der Waals surface area contributed by atoms with Crippen molar-refractivity contribution >= 4 is 6.03 Å². The lowest BCUT2D eigenvalue weighted by atomic mass is 9.70. The number of aliphatic hydroxyl groups excluding tert-OH is 1. The number of urea groups is 1. The molecular weight excluding hydrogens is 316 g/mol. The smallest absolute Gasteiger partial charge is 0.317 e. The SMILES string of the molecule is CC1(CNC(=O)N(Cc2ccccc2)CC(O)c2ccco2)CCC1. The van der Waals surface area contributed by atoms with Crippen LogP contribution in [0.15, 0.2) is 53.1 Å². The molecule has 1 aliphatic carbocycles. The summed E-state index contributed by atoms with van der Waals surface area (Å²) in [5, 5.41) is 13.4. The van der Waals surface area contributed by atoms with E-state index in [1.165, 1.54) is 12.7 Å². The van der Waals surface area contributed by atoms with Gasteiger partial charge in [-0.05, 0) is 36.0 Å². The molecule has 1 atom stereocenters. The third-order valence-electron chi connectivity index (χ3n) is 5.00. The van der Waals surface area contributed by atoms with Crippen molar-refractivity contribution in [2.45, 2.75) is 38.8 Å². The van der Waals surface area contributed by atoms with E-state index in [9.17, 15) is 9.90 Å². The molecule has 1 heterocycles. The van der Waals surface area contributed by atoms with E-state index in [1.54, 1.807) is 17.0 Å². The Kier molecular flexibility index (Phi) is 5.43. The van der Waals surface area contributed by atoms with Crippen LogP contribution in [0.3, 0.4) is 0 Å². The quantitative estimate of drug-likeness (QED) is 0.806. The Bertz CT molecular complexity index is 666. The zero-order valence-electron chi connectivity index (χ0n) is 14.6. The number of rotatable bonds is 7. The van der Waals surface area contributed by atoms with Crippen molar-refractivity contribution in [1.82, 2.24) is 10.2 Å². The van der Waals surface area contributed by atoms with Crippen molar-refractivity contribution in [3.05, 3.63) is 60.1 Å². The molecule has 0 aliphatic heterocycles. The summed E-state index contributed by atoms with van der Waals surface area (Å²) in [6, 6.07) is 13.1. The number of hydrogen-bond donors (Lipinski definition) is 2. The largest absolute Gasteiger partial charge is 0.467 e. The monoisotopic (exact) mass is 342 g/mol. The molecule has 1 fully saturated rings. The van der Waals surface area contributed by atoms with E-state index in [0.29, 0.717) is 18.8 Å². The Morgan fingerprint density at radius 3 is 2.64 bits per heavy atom. The normalized spacial score (nSPS) is 16.7. The Morgan fingerprint density at radius 2 is 2.04 bits per heavy atom. The topological polar surface area (TPSA) is 65.7 Å². The molecule has 2 N–H and O–H groups in total. The molecule has 0 saturated heterocycles. The minimum absolute atomic E-state index is 0.150. The molecule has 1 aromatic carbocycles. The Balaban J connectivity index is 1.65. The fraction of sp³-hybridized carbons (Fsp3) is 0.450. The van der Waals surface area contributed by atoms with Gasteiger partial charge in [0.2, 0.25) is 0 Å². The number of nitrogens with zero attached hydrogens (tertiary/aromatic N) is 1. The molecule has 1 saturated carbocycles. The van der Waals surface area contributed by atoms with Crippen molar-refractivity contribution < 1.29 is 14.3 Å². The fourth-order valence-electron chi connectivity index (χ4n) is 3.16. The second kappa shape index (κ2) is 7.74. The van der Waals surface area contributed by atoms with Crippen LogP contribution in [0, 0.1) is 5.41 Å². The van der Waals surface area contributed by atoms with Crippen LogP contribution < -0.4 is 5.32 Å². The van der Waals surface area contributed by atoms with Gasteiger partial charge in [-0.3, -0.25) is 0 Å². The van der Waals surface area contributed by atoms with Crippen LogP contribution >= 0.6 is 0 Å². The number of amides is 2. The molecule has 1 aromatic heterocycles. The van der Waals surface area contributed by atoms with Gasteiger partial charge >= 0.3 is 6.03 Å². The van der Waals surface area contributed by atoms with Gasteiger partial charge in [0.25, 0.3) is 0 Å². The molecule has 0 spiro atoms. The third kappa shape index (κ3) is 4.63. The van der Waals surface area contributed by atoms with Crippen molar-refractivity contribution in [3.63, 3.8) is 0 Å². The zero-order chi connectivity index (χ0) is 17.7. The Labute approximate surface area is 148 Å². The van der Waals surface area contributed by atoms with Gasteiger partial charge < -0.3 is 19.7 Å². The molecule has 134 valence electrons. The highest BCUT2D eigenvalue weighted by Crippen LogP contribution is 2.39. The van der Waals surface area contributed by atoms with E-state index >= 15 is 0 Å². The van der Waals surface area contributed by atoms with Gasteiger partial charge in [0.15, 0.2) is 0 Å². The number of furan rings is 1. The molecule has 2 amide bonds. The van der Waals surface area contributed by atoms with Crippen LogP contribution in [0.5, 0.6) is 0 Å². The van der Waals surface area contributed by atoms with E-state index in [1.807, 2.05) is 30.3 Å². The van der Waals surface area contributed by atoms with Crippen molar-refractivity contribution in [1.29, 1.82) is 0 Å². The van der Waals surface area contributed by atoms with Gasteiger partial charge in [0.05, 0.1) is 12.8 Å². The molecule has 1 unspecified atom stereocenters. The average molecular weight is 342 g/mol. The first-order valence-corrected chi connectivity index (χ1v) is 8.84. The van der Waals surface area contributed by atoms with E-state index in [0.717, 1.165) is 18.4 Å². The van der Waals surface area contributed by atoms with E-state index in [2.05, 4.69) is 12.2 Å². The predicted molar refractivity (Wildman–Crippen MR) is 95.9 cm³/mol. The van der Waals surface area contributed by atoms with Crippen molar-refractivity contribution in [2.24, 2.45) is 5.41 Å². The molecule has 1 aliphatic rings. The zero-order valence-corrected chi connectivity index (χ0v) is 14.6. The van der Waals surface area contributed by atoms with Gasteiger partial charge in [0, 0.05) is 13.1 Å². The molecule has 5 heteroatoms. The van der Waals surface area contributed by atoms with Crippen LogP contribution in [0.1, 0.15) is 43.6 Å². The minimum Gasteiger partial charge on any atom is -0.467 e. The number of aliphatic hydroxyl groups is 1. The number of benzene rings is 1. The fourth-order valence-corrected chi connectivity index (χ4v) is 3.16. The summed E-state index contributed by atoms with van der Waals surface area (Å²) in [6.45, 7) is 3.51. The van der Waals surface area contributed by atoms with Crippen molar-refractivity contribution in [2.75, 3.05) is 13.1 Å². The van der Waals surface area contributed by atoms with E-state index in [-0.39, 0.29) is 18.0 Å². The summed E-state index contributed by atoms with van der Waals surface area (Å²) in [5.74, 6) is 0.469. The maximum atomic E-state index is 12.7. The summed E-state index contributed by atoms with van der Waals surface area (Å²) in [7, 11) is 0. The number of carbonyl (C=O) groups excluding carboxylic acids is 1. The number of nitrogens with one attached hydrogen (secondary N) is 1. The van der Waals surface area contributed by atoms with Crippen LogP contribution in [0.4, 0.5) is 4.79 Å². The predicted octanol–water partition coefficient (Wildman–Crippen LogP) is 3.72. The second-order valence-corrected chi connectivity index (χ2v) is 7.22. The highest BCUT2D eigenvalue weighted by molar-refractivity contribution is 5.74. The molecule has 2 aromatic rings. The lowest BCUT2D eigenvalue weighted by molar-refractivity contribution is 0.0967. The highest BCUT2D eigenvalue weighted by Gasteiger charge is 2.32. The molecule has 25 heavy (non-hydrogen) atoms. The van der Waals surface area contributed by atoms with Crippen LogP contribution in [-0.4, -0.2) is 29.1 Å². The first-order chi connectivity index (χ1) is 12.1. The minimum atomic E-state index is -0.844. The van der Waals surface area contributed by atoms with Crippen LogP contribution in [0.2, 0.25) is 0 Å². The average Bonchev–Trinajstić information content (AvgIpc) is 3.13. The summed E-state index contributed by atoms with van der Waals surface area (Å²) in [5.41, 5.74) is 1.24. The third-order valence-corrected chi connectivity index (χ3v) is 5.00. The maximum Gasteiger partial charge on any atom is 0.317 e. The first-order valence-electron chi connectivity index (χ1n) is 8.84. The highest BCUT2D eigenvalue weighted by atomic mass is 16.4. The first kappa shape index (κ1) is 17.5. The number of carbonyl (C=O) groups is 1. The van der Waals surface area contributed by atoms with Gasteiger partial charge in [0.1, 0.15) is 11.9 Å². The van der Waals surface area contributed by atoms with Gasteiger partial charge in [-0.15, -0.1) is 0 Å². The Hall–Kier alpha value is -2.27. The molecule has 3 rings (SSSR count). The molecule has 0 bridgehead atoms. The molecule has 0 radical (unpaired) electrons. The summed E-state index contributed by atoms with van der Waals surface area (Å²) in [4.78, 5) is 14.4. The lowest BCUT2D eigenvalue weighted by Gasteiger charge is -2.39. The maximum absolute atomic E-state index is 12.7. The van der Waals surface area contributed by atoms with Gasteiger partial charge in [-0.25, -0.2) is 4.79 Å². The summed E-state index contributed by atoms with van der Waals surface area (Å²) < 4.78 is 5.26. The van der Waals surface area contributed by atoms with Gasteiger partial charge in [-0.2, -0.15) is 0 Å². The van der Waals surface area contributed by atoms with Crippen molar-refractivity contribution in [3.8, 4) is 0 Å².